The van der Waals surface area contributed by atoms with E-state index in [-0.39, 0.29) is 55.0 Å². The average molecular weight is 1380 g/mol. The zero-order valence-electron chi connectivity index (χ0n) is 74.3. The monoisotopic (exact) mass is 1380 g/mol. The molecule has 0 amide bonds. The van der Waals surface area contributed by atoms with Crippen molar-refractivity contribution in [2.45, 2.75) is 52.4 Å². The number of furan rings is 3. The van der Waals surface area contributed by atoms with Gasteiger partial charge in [0.25, 0.3) is 6.71 Å². The van der Waals surface area contributed by atoms with Crippen molar-refractivity contribution in [3.05, 3.63) is 320 Å². The summed E-state index contributed by atoms with van der Waals surface area (Å²) >= 11 is 0. The van der Waals surface area contributed by atoms with Gasteiger partial charge in [-0.1, -0.05) is 248 Å². The normalized spacial score (nSPS) is 15.2. The molecule has 0 saturated heterocycles. The molecule has 502 valence electrons. The Kier molecular flexibility index (Phi) is 9.77. The lowest BCUT2D eigenvalue weighted by molar-refractivity contribution is 0.572. The first-order valence-electron chi connectivity index (χ1n) is 43.6. The predicted molar refractivity (Wildman–Crippen MR) is 445 cm³/mol. The van der Waals surface area contributed by atoms with Crippen molar-refractivity contribution in [3.8, 4) is 44.8 Å². The smallest absolute Gasteiger partial charge is 0.252 e. The summed E-state index contributed by atoms with van der Waals surface area (Å²) in [6.45, 7) is 12.1. The Morgan fingerprint density at radius 3 is 1.13 bits per heavy atom. The highest BCUT2D eigenvalue weighted by Gasteiger charge is 2.47. The van der Waals surface area contributed by atoms with Gasteiger partial charge in [0.15, 0.2) is 0 Å². The van der Waals surface area contributed by atoms with Crippen molar-refractivity contribution in [1.29, 1.82) is 0 Å². The number of fused-ring (bicyclic) bond motifs is 19. The van der Waals surface area contributed by atoms with Gasteiger partial charge in [0.1, 0.15) is 33.5 Å². The van der Waals surface area contributed by atoms with E-state index in [0.29, 0.717) is 84.1 Å². The lowest BCUT2D eigenvalue weighted by Gasteiger charge is -2.46. The highest BCUT2D eigenvalue weighted by Crippen LogP contribution is 2.57. The van der Waals surface area contributed by atoms with Gasteiger partial charge in [-0.25, -0.2) is 0 Å². The molecule has 15 aromatic carbocycles. The van der Waals surface area contributed by atoms with E-state index in [4.69, 9.17) is 18.7 Å². The molecule has 5 aromatic heterocycles. The maximum atomic E-state index is 9.95. The number of rotatable bonds is 7. The molecule has 0 N–H and O–H groups in total. The van der Waals surface area contributed by atoms with Gasteiger partial charge in [-0.3, -0.25) is 0 Å². The van der Waals surface area contributed by atoms with Crippen molar-refractivity contribution in [1.82, 2.24) is 9.13 Å². The van der Waals surface area contributed by atoms with Gasteiger partial charge in [-0.2, -0.15) is 0 Å². The van der Waals surface area contributed by atoms with Crippen LogP contribution in [-0.4, -0.2) is 15.8 Å². The summed E-state index contributed by atoms with van der Waals surface area (Å²) in [4.78, 5) is 4.58. The van der Waals surface area contributed by atoms with Gasteiger partial charge >= 0.3 is 0 Å². The van der Waals surface area contributed by atoms with Gasteiger partial charge in [0, 0.05) is 99.5 Å². The maximum absolute atomic E-state index is 9.95. The number of hydrogen-bond acceptors (Lipinski definition) is 5. The van der Waals surface area contributed by atoms with Crippen LogP contribution in [0.3, 0.4) is 0 Å². The molecular weight excluding hydrogens is 1290 g/mol. The molecule has 0 atom stereocenters. The summed E-state index contributed by atoms with van der Waals surface area (Å²) < 4.78 is 177. The summed E-state index contributed by atoms with van der Waals surface area (Å²) in [5, 5.41) is 4.43. The molecule has 0 saturated carbocycles. The van der Waals surface area contributed by atoms with E-state index >= 15 is 0 Å². The van der Waals surface area contributed by atoms with Crippen molar-refractivity contribution in [2.24, 2.45) is 0 Å². The van der Waals surface area contributed by atoms with Gasteiger partial charge in [-0.15, -0.1) is 0 Å². The minimum absolute atomic E-state index is 0.0779. The molecule has 0 radical (unpaired) electrons. The summed E-state index contributed by atoms with van der Waals surface area (Å²) in [6, 6.07) is 62.4. The quantitative estimate of drug-likeness (QED) is 0.149. The van der Waals surface area contributed by atoms with Crippen LogP contribution in [0.25, 0.3) is 154 Å². The maximum Gasteiger partial charge on any atom is 0.252 e. The molecule has 0 spiro atoms. The Hall–Kier alpha value is -13.0. The van der Waals surface area contributed by atoms with E-state index < -0.39 is 114 Å². The number of hydrogen-bond donors (Lipinski definition) is 0. The second kappa shape index (κ2) is 22.2. The molecule has 0 unspecified atom stereocenters. The predicted octanol–water partition coefficient (Wildman–Crippen LogP) is 25.3. The van der Waals surface area contributed by atoms with E-state index in [0.717, 1.165) is 76.7 Å². The fourth-order valence-electron chi connectivity index (χ4n) is 17.2. The Balaban J connectivity index is 0.985. The number of nitrogens with zero attached hydrogens (tertiary/aromatic N) is 4. The molecular formula is C98H69BN4O3. The highest BCUT2D eigenvalue weighted by atomic mass is 16.3. The summed E-state index contributed by atoms with van der Waals surface area (Å²) in [7, 11) is 0. The van der Waals surface area contributed by atoms with Crippen molar-refractivity contribution < 1.29 is 35.2 Å². The highest BCUT2D eigenvalue weighted by molar-refractivity contribution is 7.00. The van der Waals surface area contributed by atoms with Gasteiger partial charge in [-0.05, 0) is 153 Å². The third kappa shape index (κ3) is 8.70. The zero-order chi connectivity index (χ0) is 84.5. The van der Waals surface area contributed by atoms with Crippen LogP contribution in [-0.2, 0) is 10.8 Å². The van der Waals surface area contributed by atoms with Gasteiger partial charge in [0.2, 0.25) is 0 Å². The Morgan fingerprint density at radius 2 is 0.698 bits per heavy atom. The lowest BCUT2D eigenvalue weighted by Crippen LogP contribution is -2.61. The molecule has 7 heterocycles. The standard InChI is InChI=1S/C98H69BN4O3/c1-97(2,3)74-56-71(58-27-9-7-10-28-58)93(90-69-36-18-25-43-87(69)105-95(74)90)102-82-54-62(100-78-38-20-13-31-64(78)65-32-14-21-39-79(65)100)46-48-76(82)99-77-49-47-63(101-80-40-22-15-33-66(80)67-34-16-23-41-81(67)101)55-83(77)103(85-53-61(52-84(102)92(85)99)60-45-50-89-73(51-60)68-35-17-24-42-86(68)104-89)94-72(59-29-11-8-12-30-59)57-75(98(4,5)6)96-91(94)70-37-19-26-44-88(70)106-96/h7-57H,1-6H3/i13D,14D,15D,16D,20D,21D,22D,23D,31D,32D,33D,34D,38D,39D,40D,41D. The third-order valence-electron chi connectivity index (χ3n) is 21.8. The van der Waals surface area contributed by atoms with Crippen LogP contribution in [0.15, 0.2) is 322 Å². The van der Waals surface area contributed by atoms with E-state index in [1.165, 1.54) is 0 Å². The van der Waals surface area contributed by atoms with E-state index in [9.17, 15) is 16.4 Å². The summed E-state index contributed by atoms with van der Waals surface area (Å²) in [5.74, 6) is 0. The van der Waals surface area contributed by atoms with Crippen LogP contribution >= 0.6 is 0 Å². The van der Waals surface area contributed by atoms with Gasteiger partial charge < -0.3 is 32.2 Å². The van der Waals surface area contributed by atoms with Crippen LogP contribution in [0.5, 0.6) is 0 Å². The van der Waals surface area contributed by atoms with Crippen LogP contribution in [0.1, 0.15) is 74.6 Å². The molecule has 0 bridgehead atoms. The molecule has 7 nitrogen and oxygen atoms in total. The molecule has 20 aromatic rings. The fraction of sp³-hybridized carbons (Fsp3) is 0.0816. The number of anilines is 6. The fourth-order valence-corrected chi connectivity index (χ4v) is 17.2. The second-order valence-electron chi connectivity index (χ2n) is 29.9. The van der Waals surface area contributed by atoms with Crippen LogP contribution in [0, 0.1) is 0 Å². The number of aromatic nitrogens is 2. The second-order valence-corrected chi connectivity index (χ2v) is 29.9. The third-order valence-corrected chi connectivity index (χ3v) is 21.8. The SMILES string of the molecule is [2H]c1c([2H])c([2H])c2c(c1[2H])c1c([2H])c([2H])c([2H])c([2H])c1n2-c1ccc2c(c1)N(c1c(-c3ccccc3)cc(C(C)(C)C)c3oc4ccccc4c13)c1cc(-c3ccc4oc5ccccc5c4c3)cc3c1B2c1ccc(-n2c4c([2H])c([2H])c([2H])c([2H])c4c4c([2H])c([2H])c([2H])c([2H])c42)cc1N3c1c(-c2ccccc2)cc(C(C)(C)C)c2oc3ccccc3c12. The number of para-hydroxylation sites is 7. The minimum Gasteiger partial charge on any atom is -0.456 e. The van der Waals surface area contributed by atoms with Crippen molar-refractivity contribution >= 4 is 167 Å². The topological polar surface area (TPSA) is 55.8 Å². The van der Waals surface area contributed by atoms with Crippen molar-refractivity contribution in [2.75, 3.05) is 9.80 Å². The van der Waals surface area contributed by atoms with Crippen LogP contribution in [0.4, 0.5) is 34.1 Å². The molecule has 0 fully saturated rings. The molecule has 2 aliphatic rings. The summed E-state index contributed by atoms with van der Waals surface area (Å²) in [6.07, 6.45) is 0. The van der Waals surface area contributed by atoms with Crippen LogP contribution < -0.4 is 26.2 Å². The van der Waals surface area contributed by atoms with Crippen molar-refractivity contribution in [3.63, 3.8) is 0 Å². The summed E-state index contributed by atoms with van der Waals surface area (Å²) in [5.41, 5.74) is 15.4. The Labute approximate surface area is 635 Å². The van der Waals surface area contributed by atoms with Gasteiger partial charge in [0.05, 0.1) is 66.1 Å². The first-order chi connectivity index (χ1) is 58.5. The zero-order valence-corrected chi connectivity index (χ0v) is 58.3. The van der Waals surface area contributed by atoms with E-state index in [1.807, 2.05) is 140 Å². The van der Waals surface area contributed by atoms with Crippen LogP contribution in [0.2, 0.25) is 0 Å². The largest absolute Gasteiger partial charge is 0.456 e. The number of benzene rings is 15. The Morgan fingerprint density at radius 1 is 0.311 bits per heavy atom. The minimum atomic E-state index is -0.855. The first-order valence-corrected chi connectivity index (χ1v) is 35.6. The molecule has 22 rings (SSSR count). The first kappa shape index (κ1) is 46.5. The molecule has 0 aliphatic carbocycles. The lowest BCUT2D eigenvalue weighted by atomic mass is 9.33. The molecule has 2 aliphatic heterocycles. The van der Waals surface area contributed by atoms with E-state index in [2.05, 4.69) is 124 Å². The Bertz CT molecular complexity index is 7590. The molecule has 106 heavy (non-hydrogen) atoms. The average Bonchev–Trinajstić information content (AvgIpc) is 1.14. The molecule has 8 heteroatoms. The van der Waals surface area contributed by atoms with E-state index in [1.54, 1.807) is 9.13 Å².